The molecule has 0 bridgehead atoms. The second-order valence-corrected chi connectivity index (χ2v) is 11.4. The van der Waals surface area contributed by atoms with Gasteiger partial charge in [0.2, 0.25) is 11.8 Å². The van der Waals surface area contributed by atoms with E-state index in [1.165, 1.54) is 30.2 Å². The number of benzene rings is 3. The Balaban J connectivity index is 2.06. The van der Waals surface area contributed by atoms with E-state index in [1.807, 2.05) is 6.92 Å². The standard InChI is InChI=1S/C28H31Cl2N3O5S/c1-4-16-31-28(35)20(2)32(18-24-25(29)14-9-15-26(24)30)27(34)19-33(21-10-8-11-22(17-21)38-3)39(36,37)23-12-6-5-7-13-23/h5-15,17,20H,4,16,18-19H2,1-3H3,(H,31,35)/t20-/m1/s1. The van der Waals surface area contributed by atoms with Crippen LogP contribution < -0.4 is 14.4 Å². The monoisotopic (exact) mass is 591 g/mol. The summed E-state index contributed by atoms with van der Waals surface area (Å²) in [5.41, 5.74) is 0.675. The number of nitrogens with zero attached hydrogens (tertiary/aromatic N) is 2. The number of ether oxygens (including phenoxy) is 1. The van der Waals surface area contributed by atoms with Gasteiger partial charge in [-0.1, -0.05) is 60.5 Å². The molecule has 3 aromatic rings. The van der Waals surface area contributed by atoms with Crippen LogP contribution in [0.1, 0.15) is 25.8 Å². The van der Waals surface area contributed by atoms with E-state index in [0.29, 0.717) is 34.3 Å². The SMILES string of the molecule is CCCNC(=O)[C@@H](C)N(Cc1c(Cl)cccc1Cl)C(=O)CN(c1cccc(OC)c1)S(=O)(=O)c1ccccc1. The van der Waals surface area contributed by atoms with Gasteiger partial charge < -0.3 is 15.0 Å². The van der Waals surface area contributed by atoms with E-state index in [-0.39, 0.29) is 23.0 Å². The molecule has 0 heterocycles. The van der Waals surface area contributed by atoms with Crippen molar-refractivity contribution in [1.29, 1.82) is 0 Å². The maximum atomic E-state index is 13.9. The number of methoxy groups -OCH3 is 1. The lowest BCUT2D eigenvalue weighted by Crippen LogP contribution is -2.51. The topological polar surface area (TPSA) is 96.0 Å². The minimum Gasteiger partial charge on any atom is -0.497 e. The Bertz CT molecular complexity index is 1380. The first-order valence-electron chi connectivity index (χ1n) is 12.3. The highest BCUT2D eigenvalue weighted by atomic mass is 35.5. The summed E-state index contributed by atoms with van der Waals surface area (Å²) in [6.45, 7) is 3.23. The minimum atomic E-state index is -4.18. The zero-order valence-corrected chi connectivity index (χ0v) is 24.3. The predicted molar refractivity (Wildman–Crippen MR) is 154 cm³/mol. The number of sulfonamides is 1. The van der Waals surface area contributed by atoms with Crippen LogP contribution in [-0.4, -0.2) is 51.4 Å². The molecule has 0 aliphatic rings. The Labute approximate surface area is 239 Å². The van der Waals surface area contributed by atoms with Crippen LogP contribution in [0.4, 0.5) is 5.69 Å². The van der Waals surface area contributed by atoms with Crippen molar-refractivity contribution in [3.8, 4) is 5.75 Å². The lowest BCUT2D eigenvalue weighted by Gasteiger charge is -2.32. The number of halogens is 2. The summed E-state index contributed by atoms with van der Waals surface area (Å²) in [5, 5.41) is 3.44. The molecule has 39 heavy (non-hydrogen) atoms. The fourth-order valence-electron chi connectivity index (χ4n) is 3.85. The summed E-state index contributed by atoms with van der Waals surface area (Å²) in [6, 6.07) is 18.2. The molecule has 2 amide bonds. The zero-order chi connectivity index (χ0) is 28.6. The molecule has 0 saturated heterocycles. The summed E-state index contributed by atoms with van der Waals surface area (Å²) in [6.07, 6.45) is 0.710. The van der Waals surface area contributed by atoms with Crippen molar-refractivity contribution in [2.45, 2.75) is 37.8 Å². The van der Waals surface area contributed by atoms with Gasteiger partial charge in [-0.2, -0.15) is 0 Å². The van der Waals surface area contributed by atoms with Crippen LogP contribution in [0.3, 0.4) is 0 Å². The molecular weight excluding hydrogens is 561 g/mol. The third kappa shape index (κ3) is 7.44. The van der Waals surface area contributed by atoms with Crippen LogP contribution in [0.25, 0.3) is 0 Å². The molecule has 0 fully saturated rings. The molecular formula is C28H31Cl2N3O5S. The van der Waals surface area contributed by atoms with Gasteiger partial charge in [0.1, 0.15) is 18.3 Å². The number of nitrogens with one attached hydrogen (secondary N) is 1. The molecule has 0 aromatic heterocycles. The number of hydrogen-bond donors (Lipinski definition) is 1. The lowest BCUT2D eigenvalue weighted by molar-refractivity contribution is -0.139. The molecule has 0 spiro atoms. The number of rotatable bonds is 12. The van der Waals surface area contributed by atoms with Gasteiger partial charge in [-0.25, -0.2) is 8.42 Å². The van der Waals surface area contributed by atoms with Gasteiger partial charge in [0, 0.05) is 34.8 Å². The van der Waals surface area contributed by atoms with Crippen molar-refractivity contribution >= 4 is 50.7 Å². The van der Waals surface area contributed by atoms with E-state index in [9.17, 15) is 18.0 Å². The molecule has 1 atom stereocenters. The summed E-state index contributed by atoms with van der Waals surface area (Å²) in [7, 11) is -2.72. The van der Waals surface area contributed by atoms with E-state index in [0.717, 1.165) is 4.31 Å². The molecule has 208 valence electrons. The highest BCUT2D eigenvalue weighted by Crippen LogP contribution is 2.29. The molecule has 0 aliphatic carbocycles. The first kappa shape index (κ1) is 30.3. The summed E-state index contributed by atoms with van der Waals surface area (Å²) >= 11 is 12.8. The fourth-order valence-corrected chi connectivity index (χ4v) is 5.79. The van der Waals surface area contributed by atoms with Gasteiger partial charge in [0.25, 0.3) is 10.0 Å². The van der Waals surface area contributed by atoms with Gasteiger partial charge in [0.05, 0.1) is 17.7 Å². The van der Waals surface area contributed by atoms with Crippen LogP contribution in [0.2, 0.25) is 10.0 Å². The van der Waals surface area contributed by atoms with E-state index in [1.54, 1.807) is 61.5 Å². The number of carbonyl (C=O) groups is 2. The van der Waals surface area contributed by atoms with Crippen LogP contribution in [0.15, 0.2) is 77.7 Å². The molecule has 0 aliphatic heterocycles. The highest BCUT2D eigenvalue weighted by Gasteiger charge is 2.33. The molecule has 11 heteroatoms. The van der Waals surface area contributed by atoms with Crippen LogP contribution in [0.5, 0.6) is 5.75 Å². The third-order valence-corrected chi connectivity index (χ3v) is 8.55. The maximum Gasteiger partial charge on any atom is 0.264 e. The van der Waals surface area contributed by atoms with Crippen LogP contribution >= 0.6 is 23.2 Å². The van der Waals surface area contributed by atoms with Crippen LogP contribution in [0, 0.1) is 0 Å². The van der Waals surface area contributed by atoms with E-state index >= 15 is 0 Å². The van der Waals surface area contributed by atoms with Gasteiger partial charge in [-0.15, -0.1) is 0 Å². The Hall–Kier alpha value is -3.27. The molecule has 0 saturated carbocycles. The van der Waals surface area contributed by atoms with E-state index in [2.05, 4.69) is 5.32 Å². The fraction of sp³-hybridized carbons (Fsp3) is 0.286. The van der Waals surface area contributed by atoms with E-state index < -0.39 is 28.5 Å². The average molecular weight is 593 g/mol. The Morgan fingerprint density at radius 2 is 1.62 bits per heavy atom. The van der Waals surface area contributed by atoms with Crippen molar-refractivity contribution in [3.05, 3.63) is 88.4 Å². The Morgan fingerprint density at radius 3 is 2.23 bits per heavy atom. The second kappa shape index (κ2) is 13.7. The average Bonchev–Trinajstić information content (AvgIpc) is 2.94. The van der Waals surface area contributed by atoms with Crippen LogP contribution in [-0.2, 0) is 26.2 Å². The molecule has 3 rings (SSSR count). The van der Waals surface area contributed by atoms with Crippen molar-refractivity contribution in [2.24, 2.45) is 0 Å². The normalized spacial score (nSPS) is 11.9. The molecule has 1 N–H and O–H groups in total. The zero-order valence-electron chi connectivity index (χ0n) is 21.9. The molecule has 3 aromatic carbocycles. The first-order chi connectivity index (χ1) is 18.6. The summed E-state index contributed by atoms with van der Waals surface area (Å²) < 4.78 is 33.9. The number of anilines is 1. The predicted octanol–water partition coefficient (Wildman–Crippen LogP) is 5.14. The highest BCUT2D eigenvalue weighted by molar-refractivity contribution is 7.92. The number of hydrogen-bond acceptors (Lipinski definition) is 5. The van der Waals surface area contributed by atoms with E-state index in [4.69, 9.17) is 27.9 Å². The molecule has 0 radical (unpaired) electrons. The maximum absolute atomic E-state index is 13.9. The summed E-state index contributed by atoms with van der Waals surface area (Å²) in [5.74, 6) is -0.583. The van der Waals surface area contributed by atoms with Gasteiger partial charge in [-0.05, 0) is 49.7 Å². The largest absolute Gasteiger partial charge is 0.497 e. The quantitative estimate of drug-likeness (QED) is 0.314. The van der Waals surface area contributed by atoms with Gasteiger partial charge >= 0.3 is 0 Å². The number of amides is 2. The Kier molecular flexibility index (Phi) is 10.6. The lowest BCUT2D eigenvalue weighted by atomic mass is 10.1. The van der Waals surface area contributed by atoms with Crippen molar-refractivity contribution in [3.63, 3.8) is 0 Å². The molecule has 0 unspecified atom stereocenters. The van der Waals surface area contributed by atoms with Gasteiger partial charge in [0.15, 0.2) is 0 Å². The summed E-state index contributed by atoms with van der Waals surface area (Å²) in [4.78, 5) is 28.2. The Morgan fingerprint density at radius 1 is 0.974 bits per heavy atom. The smallest absolute Gasteiger partial charge is 0.264 e. The first-order valence-corrected chi connectivity index (χ1v) is 14.5. The van der Waals surface area contributed by atoms with Crippen molar-refractivity contribution < 1.29 is 22.7 Å². The number of carbonyl (C=O) groups excluding carboxylic acids is 2. The minimum absolute atomic E-state index is 0.00931. The molecule has 8 nitrogen and oxygen atoms in total. The van der Waals surface area contributed by atoms with Crippen molar-refractivity contribution in [2.75, 3.05) is 24.5 Å². The van der Waals surface area contributed by atoms with Gasteiger partial charge in [-0.3, -0.25) is 13.9 Å². The second-order valence-electron chi connectivity index (χ2n) is 8.72. The third-order valence-electron chi connectivity index (χ3n) is 6.06. The van der Waals surface area contributed by atoms with Crippen molar-refractivity contribution in [1.82, 2.24) is 10.2 Å².